The van der Waals surface area contributed by atoms with Crippen LogP contribution in [0.5, 0.6) is 0 Å². The average molecular weight is 191 g/mol. The third-order valence-electron chi connectivity index (χ3n) is 1.27. The Kier molecular flexibility index (Phi) is 7.29. The maximum absolute atomic E-state index is 11.0. The average Bonchev–Trinajstić information content (AvgIpc) is 2.03. The van der Waals surface area contributed by atoms with Crippen molar-refractivity contribution in [3.63, 3.8) is 0 Å². The predicted molar refractivity (Wildman–Crippen MR) is 52.2 cm³/mol. The maximum Gasteiger partial charge on any atom is 0.222 e. The first-order chi connectivity index (χ1) is 5.68. The molecular formula is C8H17NO2S. The molecule has 0 saturated carbocycles. The molecule has 0 aliphatic heterocycles. The van der Waals surface area contributed by atoms with Crippen molar-refractivity contribution < 1.29 is 9.53 Å². The van der Waals surface area contributed by atoms with Gasteiger partial charge in [-0.2, -0.15) is 0 Å². The van der Waals surface area contributed by atoms with Crippen LogP contribution < -0.4 is 5.32 Å². The molecule has 72 valence electrons. The molecule has 0 aromatic carbocycles. The van der Waals surface area contributed by atoms with E-state index < -0.39 is 0 Å². The molecule has 0 fully saturated rings. The van der Waals surface area contributed by atoms with Gasteiger partial charge < -0.3 is 10.1 Å². The van der Waals surface area contributed by atoms with E-state index >= 15 is 0 Å². The molecule has 12 heavy (non-hydrogen) atoms. The zero-order valence-corrected chi connectivity index (χ0v) is 8.74. The zero-order chi connectivity index (χ0) is 9.40. The van der Waals surface area contributed by atoms with Crippen LogP contribution in [0.25, 0.3) is 0 Å². The number of rotatable bonds is 6. The summed E-state index contributed by atoms with van der Waals surface area (Å²) in [6.45, 7) is 4.95. The van der Waals surface area contributed by atoms with E-state index in [0.717, 1.165) is 0 Å². The molecule has 0 aliphatic carbocycles. The Morgan fingerprint density at radius 3 is 2.75 bits per heavy atom. The van der Waals surface area contributed by atoms with Crippen molar-refractivity contribution in [3.8, 4) is 0 Å². The van der Waals surface area contributed by atoms with Gasteiger partial charge in [0.25, 0.3) is 0 Å². The molecule has 0 bridgehead atoms. The molecule has 0 atom stereocenters. The maximum atomic E-state index is 11.0. The lowest BCUT2D eigenvalue weighted by Gasteiger charge is -2.07. The Morgan fingerprint density at radius 2 is 2.25 bits per heavy atom. The minimum Gasteiger partial charge on any atom is -0.369 e. The van der Waals surface area contributed by atoms with Gasteiger partial charge in [0.05, 0.1) is 12.5 Å². The van der Waals surface area contributed by atoms with E-state index in [-0.39, 0.29) is 11.8 Å². The predicted octanol–water partition coefficient (Wildman–Crippen LogP) is 1.10. The van der Waals surface area contributed by atoms with Gasteiger partial charge in [-0.05, 0) is 6.26 Å². The van der Waals surface area contributed by atoms with Gasteiger partial charge in [0, 0.05) is 12.5 Å². The second kappa shape index (κ2) is 7.43. The van der Waals surface area contributed by atoms with Gasteiger partial charge in [0.2, 0.25) is 5.91 Å². The fourth-order valence-electron chi connectivity index (χ4n) is 0.593. The molecule has 0 saturated heterocycles. The summed E-state index contributed by atoms with van der Waals surface area (Å²) in [6.07, 6.45) is 1.98. The summed E-state index contributed by atoms with van der Waals surface area (Å²) in [4.78, 5) is 11.0. The standard InChI is InChI=1S/C8H17NO2S/c1-7(2)8(10)9-4-5-11-6-12-3/h7H,4-6H2,1-3H3,(H,9,10). The molecule has 0 aliphatic rings. The fourth-order valence-corrected chi connectivity index (χ4v) is 0.877. The summed E-state index contributed by atoms with van der Waals surface area (Å²) in [7, 11) is 0. The molecule has 0 aromatic heterocycles. The lowest BCUT2D eigenvalue weighted by molar-refractivity contribution is -0.124. The Labute approximate surface area is 78.2 Å². The zero-order valence-electron chi connectivity index (χ0n) is 7.92. The SMILES string of the molecule is CSCOCCNC(=O)C(C)C. The first-order valence-corrected chi connectivity index (χ1v) is 5.42. The summed E-state index contributed by atoms with van der Waals surface area (Å²) in [6, 6.07) is 0. The number of nitrogens with one attached hydrogen (secondary N) is 1. The van der Waals surface area contributed by atoms with Crippen LogP contribution in [-0.4, -0.2) is 31.3 Å². The Morgan fingerprint density at radius 1 is 1.58 bits per heavy atom. The highest BCUT2D eigenvalue weighted by molar-refractivity contribution is 7.98. The topological polar surface area (TPSA) is 38.3 Å². The second-order valence-electron chi connectivity index (χ2n) is 2.76. The minimum absolute atomic E-state index is 0.0607. The number of ether oxygens (including phenoxy) is 1. The van der Waals surface area contributed by atoms with Crippen LogP contribution in [0.1, 0.15) is 13.8 Å². The highest BCUT2D eigenvalue weighted by Crippen LogP contribution is 1.92. The van der Waals surface area contributed by atoms with Crippen LogP contribution in [0.3, 0.4) is 0 Å². The number of hydrogen-bond acceptors (Lipinski definition) is 3. The van der Waals surface area contributed by atoms with Crippen molar-refractivity contribution in [3.05, 3.63) is 0 Å². The molecule has 0 radical (unpaired) electrons. The number of thioether (sulfide) groups is 1. The normalized spacial score (nSPS) is 10.3. The largest absolute Gasteiger partial charge is 0.369 e. The summed E-state index contributed by atoms with van der Waals surface area (Å²) < 4.78 is 5.16. The van der Waals surface area contributed by atoms with Gasteiger partial charge in [-0.3, -0.25) is 4.79 Å². The van der Waals surface area contributed by atoms with E-state index in [1.165, 1.54) is 0 Å². The highest BCUT2D eigenvalue weighted by Gasteiger charge is 2.04. The Balaban J connectivity index is 3.14. The third kappa shape index (κ3) is 6.49. The van der Waals surface area contributed by atoms with Crippen LogP contribution in [0.2, 0.25) is 0 Å². The molecular weight excluding hydrogens is 174 g/mol. The molecule has 0 heterocycles. The number of hydrogen-bond donors (Lipinski definition) is 1. The van der Waals surface area contributed by atoms with Crippen LogP contribution in [0.15, 0.2) is 0 Å². The van der Waals surface area contributed by atoms with Crippen molar-refractivity contribution in [1.29, 1.82) is 0 Å². The molecule has 0 unspecified atom stereocenters. The van der Waals surface area contributed by atoms with E-state index in [2.05, 4.69) is 5.32 Å². The van der Waals surface area contributed by atoms with Crippen molar-refractivity contribution in [2.24, 2.45) is 5.92 Å². The van der Waals surface area contributed by atoms with Gasteiger partial charge in [-0.1, -0.05) is 13.8 Å². The quantitative estimate of drug-likeness (QED) is 0.504. The molecule has 3 nitrogen and oxygen atoms in total. The molecule has 1 N–H and O–H groups in total. The summed E-state index contributed by atoms with van der Waals surface area (Å²) in [5.74, 6) is 0.839. The van der Waals surface area contributed by atoms with Crippen molar-refractivity contribution in [1.82, 2.24) is 5.32 Å². The van der Waals surface area contributed by atoms with Crippen LogP contribution in [0.4, 0.5) is 0 Å². The lowest BCUT2D eigenvalue weighted by atomic mass is 10.2. The molecule has 0 spiro atoms. The smallest absolute Gasteiger partial charge is 0.222 e. The van der Waals surface area contributed by atoms with E-state index in [0.29, 0.717) is 19.1 Å². The van der Waals surface area contributed by atoms with E-state index in [9.17, 15) is 4.79 Å². The summed E-state index contributed by atoms with van der Waals surface area (Å²) >= 11 is 1.63. The number of amides is 1. The monoisotopic (exact) mass is 191 g/mol. The van der Waals surface area contributed by atoms with Crippen molar-refractivity contribution in [2.45, 2.75) is 13.8 Å². The fraction of sp³-hybridized carbons (Fsp3) is 0.875. The van der Waals surface area contributed by atoms with Gasteiger partial charge in [0.1, 0.15) is 0 Å². The van der Waals surface area contributed by atoms with Gasteiger partial charge in [-0.25, -0.2) is 0 Å². The van der Waals surface area contributed by atoms with Crippen molar-refractivity contribution in [2.75, 3.05) is 25.3 Å². The minimum atomic E-state index is 0.0607. The second-order valence-corrected chi connectivity index (χ2v) is 3.57. The van der Waals surface area contributed by atoms with E-state index in [1.807, 2.05) is 20.1 Å². The highest BCUT2D eigenvalue weighted by atomic mass is 32.2. The van der Waals surface area contributed by atoms with Gasteiger partial charge in [0.15, 0.2) is 0 Å². The third-order valence-corrected chi connectivity index (χ3v) is 1.67. The molecule has 4 heteroatoms. The summed E-state index contributed by atoms with van der Waals surface area (Å²) in [5.41, 5.74) is 0. The van der Waals surface area contributed by atoms with Crippen LogP contribution >= 0.6 is 11.8 Å². The number of carbonyl (C=O) groups is 1. The van der Waals surface area contributed by atoms with E-state index in [4.69, 9.17) is 4.74 Å². The Bertz CT molecular complexity index is 128. The molecule has 1 amide bonds. The number of carbonyl (C=O) groups excluding carboxylic acids is 1. The molecule has 0 rings (SSSR count). The van der Waals surface area contributed by atoms with E-state index in [1.54, 1.807) is 11.8 Å². The van der Waals surface area contributed by atoms with Crippen LogP contribution in [0, 0.1) is 5.92 Å². The summed E-state index contributed by atoms with van der Waals surface area (Å²) in [5, 5.41) is 2.77. The molecule has 0 aromatic rings. The first-order valence-electron chi connectivity index (χ1n) is 4.03. The Hall–Kier alpha value is -0.220. The lowest BCUT2D eigenvalue weighted by Crippen LogP contribution is -2.30. The first kappa shape index (κ1) is 11.8. The van der Waals surface area contributed by atoms with Crippen LogP contribution in [-0.2, 0) is 9.53 Å². The van der Waals surface area contributed by atoms with Crippen molar-refractivity contribution >= 4 is 17.7 Å². The van der Waals surface area contributed by atoms with Gasteiger partial charge in [-0.15, -0.1) is 11.8 Å². The van der Waals surface area contributed by atoms with Gasteiger partial charge >= 0.3 is 0 Å².